The van der Waals surface area contributed by atoms with Crippen LogP contribution in [0.25, 0.3) is 0 Å². The fraction of sp³-hybridized carbons (Fsp3) is 0.867. The van der Waals surface area contributed by atoms with Crippen molar-refractivity contribution in [2.24, 2.45) is 17.8 Å². The van der Waals surface area contributed by atoms with Gasteiger partial charge in [-0.15, -0.1) is 0 Å². The summed E-state index contributed by atoms with van der Waals surface area (Å²) in [5.41, 5.74) is -0.597. The average Bonchev–Trinajstić information content (AvgIpc) is 3.11. The first kappa shape index (κ1) is 12.6. The Labute approximate surface area is 119 Å². The van der Waals surface area contributed by atoms with Gasteiger partial charge in [0.2, 0.25) is 0 Å². The monoisotopic (exact) mass is 277 g/mol. The molecule has 2 saturated heterocycles. The molecule has 0 aromatic rings. The molecule has 3 amide bonds. The van der Waals surface area contributed by atoms with Crippen LogP contribution in [-0.4, -0.2) is 42.0 Å². The molecule has 5 nitrogen and oxygen atoms in total. The van der Waals surface area contributed by atoms with Crippen LogP contribution >= 0.6 is 0 Å². The van der Waals surface area contributed by atoms with E-state index in [1.807, 2.05) is 0 Å². The lowest BCUT2D eigenvalue weighted by Gasteiger charge is -2.31. The number of imide groups is 1. The number of urea groups is 1. The molecule has 0 aromatic carbocycles. The molecule has 2 aliphatic carbocycles. The summed E-state index contributed by atoms with van der Waals surface area (Å²) in [6.45, 7) is 2.28. The van der Waals surface area contributed by atoms with E-state index in [1.165, 1.54) is 30.6 Å². The third kappa shape index (κ3) is 1.79. The summed E-state index contributed by atoms with van der Waals surface area (Å²) in [5.74, 6) is 2.20. The topological polar surface area (TPSA) is 61.4 Å². The van der Waals surface area contributed by atoms with Crippen LogP contribution in [0.3, 0.4) is 0 Å². The fourth-order valence-corrected chi connectivity index (χ4v) is 4.87. The maximum Gasteiger partial charge on any atom is 0.325 e. The lowest BCUT2D eigenvalue weighted by molar-refractivity contribution is -0.132. The van der Waals surface area contributed by atoms with Gasteiger partial charge in [0.05, 0.1) is 0 Å². The maximum atomic E-state index is 12.7. The van der Waals surface area contributed by atoms with Gasteiger partial charge in [-0.3, -0.25) is 9.69 Å². The Morgan fingerprint density at radius 2 is 1.95 bits per heavy atom. The predicted octanol–water partition coefficient (Wildman–Crippen LogP) is 1.10. The van der Waals surface area contributed by atoms with Crippen molar-refractivity contribution in [1.29, 1.82) is 0 Å². The normalized spacial score (nSPS) is 38.8. The van der Waals surface area contributed by atoms with E-state index in [9.17, 15) is 9.59 Å². The second-order valence-corrected chi connectivity index (χ2v) is 7.11. The summed E-state index contributed by atoms with van der Waals surface area (Å²) in [6, 6.07) is -0.153. The summed E-state index contributed by atoms with van der Waals surface area (Å²) < 4.78 is 0. The number of amides is 3. The number of nitrogens with zero attached hydrogens (tertiary/aromatic N) is 1. The van der Waals surface area contributed by atoms with Crippen molar-refractivity contribution in [2.45, 2.75) is 44.1 Å². The molecule has 2 bridgehead atoms. The second-order valence-electron chi connectivity index (χ2n) is 7.11. The molecular weight excluding hydrogens is 254 g/mol. The Morgan fingerprint density at radius 1 is 1.15 bits per heavy atom. The molecule has 1 spiro atoms. The highest BCUT2D eigenvalue weighted by atomic mass is 16.2. The Bertz CT molecular complexity index is 444. The van der Waals surface area contributed by atoms with E-state index in [-0.39, 0.29) is 11.9 Å². The third-order valence-electron chi connectivity index (χ3n) is 6.00. The fourth-order valence-electron chi connectivity index (χ4n) is 4.87. The van der Waals surface area contributed by atoms with Crippen LogP contribution in [0.15, 0.2) is 0 Å². The van der Waals surface area contributed by atoms with E-state index in [0.29, 0.717) is 12.5 Å². The summed E-state index contributed by atoms with van der Waals surface area (Å²) in [5, 5.41) is 6.24. The minimum atomic E-state index is -0.597. The zero-order valence-electron chi connectivity index (χ0n) is 11.9. The minimum absolute atomic E-state index is 0.0340. The van der Waals surface area contributed by atoms with Crippen molar-refractivity contribution in [1.82, 2.24) is 15.5 Å². The van der Waals surface area contributed by atoms with Crippen LogP contribution in [-0.2, 0) is 4.79 Å². The number of carbonyl (C=O) groups excluding carboxylic acids is 2. The quantitative estimate of drug-likeness (QED) is 0.743. The highest BCUT2D eigenvalue weighted by Gasteiger charge is 2.52. The molecule has 5 heteroatoms. The van der Waals surface area contributed by atoms with Crippen LogP contribution < -0.4 is 10.6 Å². The van der Waals surface area contributed by atoms with Gasteiger partial charge in [0.15, 0.2) is 0 Å². The number of hydrogen-bond donors (Lipinski definition) is 2. The number of fused-ring (bicyclic) bond motifs is 2. The van der Waals surface area contributed by atoms with Crippen LogP contribution in [0.1, 0.15) is 38.5 Å². The first-order valence-electron chi connectivity index (χ1n) is 8.03. The molecule has 2 aliphatic heterocycles. The molecule has 4 rings (SSSR count). The minimum Gasteiger partial charge on any atom is -0.323 e. The highest BCUT2D eigenvalue weighted by Crippen LogP contribution is 2.48. The van der Waals surface area contributed by atoms with Crippen LogP contribution in [0.5, 0.6) is 0 Å². The van der Waals surface area contributed by atoms with Gasteiger partial charge in [-0.25, -0.2) is 4.79 Å². The van der Waals surface area contributed by atoms with E-state index < -0.39 is 5.54 Å². The third-order valence-corrected chi connectivity index (χ3v) is 6.00. The van der Waals surface area contributed by atoms with Gasteiger partial charge in [-0.1, -0.05) is 6.42 Å². The van der Waals surface area contributed by atoms with Crippen molar-refractivity contribution in [3.63, 3.8) is 0 Å². The highest BCUT2D eigenvalue weighted by molar-refractivity contribution is 6.07. The van der Waals surface area contributed by atoms with Crippen LogP contribution in [0.2, 0.25) is 0 Å². The van der Waals surface area contributed by atoms with Gasteiger partial charge >= 0.3 is 6.03 Å². The van der Waals surface area contributed by atoms with E-state index in [0.717, 1.165) is 37.8 Å². The van der Waals surface area contributed by atoms with E-state index in [1.54, 1.807) is 0 Å². The molecule has 4 aliphatic rings. The zero-order chi connectivity index (χ0) is 13.7. The molecular formula is C15H23N3O2. The van der Waals surface area contributed by atoms with Crippen molar-refractivity contribution in [3.8, 4) is 0 Å². The van der Waals surface area contributed by atoms with Crippen molar-refractivity contribution >= 4 is 11.9 Å². The lowest BCUT2D eigenvalue weighted by Crippen LogP contribution is -2.54. The summed E-state index contributed by atoms with van der Waals surface area (Å²) in [6.07, 6.45) is 6.65. The predicted molar refractivity (Wildman–Crippen MR) is 74.0 cm³/mol. The molecule has 4 fully saturated rings. The Balaban J connectivity index is 1.48. The first-order valence-corrected chi connectivity index (χ1v) is 8.03. The number of hydrogen-bond acceptors (Lipinski definition) is 3. The summed E-state index contributed by atoms with van der Waals surface area (Å²) in [4.78, 5) is 26.5. The summed E-state index contributed by atoms with van der Waals surface area (Å²) >= 11 is 0. The molecule has 110 valence electrons. The number of piperidine rings is 1. The SMILES string of the molecule is O=C1NC2(CCNCC2)C(=O)N1CC1CC2CCC1C2. The molecule has 2 saturated carbocycles. The number of carbonyl (C=O) groups is 2. The molecule has 3 unspecified atom stereocenters. The molecule has 0 radical (unpaired) electrons. The maximum absolute atomic E-state index is 12.7. The van der Waals surface area contributed by atoms with Gasteiger partial charge in [0.1, 0.15) is 5.54 Å². The van der Waals surface area contributed by atoms with Crippen molar-refractivity contribution in [2.75, 3.05) is 19.6 Å². The first-order chi connectivity index (χ1) is 9.68. The van der Waals surface area contributed by atoms with Gasteiger partial charge in [0.25, 0.3) is 5.91 Å². The molecule has 0 aromatic heterocycles. The van der Waals surface area contributed by atoms with Crippen molar-refractivity contribution < 1.29 is 9.59 Å². The number of nitrogens with one attached hydrogen (secondary N) is 2. The molecule has 3 atom stereocenters. The molecule has 20 heavy (non-hydrogen) atoms. The molecule has 2 N–H and O–H groups in total. The summed E-state index contributed by atoms with van der Waals surface area (Å²) in [7, 11) is 0. The van der Waals surface area contributed by atoms with E-state index >= 15 is 0 Å². The van der Waals surface area contributed by atoms with Crippen LogP contribution in [0.4, 0.5) is 4.79 Å². The van der Waals surface area contributed by atoms with E-state index in [4.69, 9.17) is 0 Å². The lowest BCUT2D eigenvalue weighted by atomic mass is 9.86. The van der Waals surface area contributed by atoms with Gasteiger partial charge in [-0.2, -0.15) is 0 Å². The van der Waals surface area contributed by atoms with Gasteiger partial charge in [0, 0.05) is 6.54 Å². The van der Waals surface area contributed by atoms with Crippen LogP contribution in [0, 0.1) is 17.8 Å². The number of rotatable bonds is 2. The Kier molecular flexibility index (Phi) is 2.81. The van der Waals surface area contributed by atoms with E-state index in [2.05, 4.69) is 10.6 Å². The Hall–Kier alpha value is -1.10. The average molecular weight is 277 g/mol. The Morgan fingerprint density at radius 3 is 2.60 bits per heavy atom. The largest absolute Gasteiger partial charge is 0.325 e. The van der Waals surface area contributed by atoms with Gasteiger partial charge < -0.3 is 10.6 Å². The standard InChI is InChI=1S/C15H23N3O2/c19-13-15(3-5-16-6-4-15)17-14(20)18(13)9-12-8-10-1-2-11(12)7-10/h10-12,16H,1-9H2,(H,17,20). The smallest absolute Gasteiger partial charge is 0.323 e. The molecule has 2 heterocycles. The van der Waals surface area contributed by atoms with Crippen molar-refractivity contribution in [3.05, 3.63) is 0 Å². The van der Waals surface area contributed by atoms with Gasteiger partial charge in [-0.05, 0) is 62.9 Å². The second kappa shape index (κ2) is 4.45. The zero-order valence-corrected chi connectivity index (χ0v) is 11.9.